The van der Waals surface area contributed by atoms with Crippen LogP contribution in [-0.4, -0.2) is 43.1 Å². The Balaban J connectivity index is 1.76. The van der Waals surface area contributed by atoms with Crippen LogP contribution in [-0.2, 0) is 0 Å². The average Bonchev–Trinajstić information content (AvgIpc) is 2.76. The molecule has 2 aliphatic rings. The standard InChI is InChI=1S/C9H18N4/c1-13-5-4-8(6-13)12-9(10)11-7-2-3-7/h7-8H,2-6H2,1H3,(H3,10,11,12). The molecule has 13 heavy (non-hydrogen) atoms. The van der Waals surface area contributed by atoms with Gasteiger partial charge in [-0.2, -0.15) is 0 Å². The predicted molar refractivity (Wildman–Crippen MR) is 53.7 cm³/mol. The third kappa shape index (κ3) is 2.59. The molecule has 0 bridgehead atoms. The summed E-state index contributed by atoms with van der Waals surface area (Å²) in [5.74, 6) is 0.641. The number of nitrogens with two attached hydrogens (primary N) is 1. The Hall–Kier alpha value is -0.770. The van der Waals surface area contributed by atoms with Crippen LogP contribution < -0.4 is 11.1 Å². The first kappa shape index (κ1) is 8.81. The van der Waals surface area contributed by atoms with Gasteiger partial charge in [-0.15, -0.1) is 0 Å². The van der Waals surface area contributed by atoms with Gasteiger partial charge in [0.25, 0.3) is 0 Å². The van der Waals surface area contributed by atoms with E-state index in [4.69, 9.17) is 5.73 Å². The number of likely N-dealkylation sites (tertiary alicyclic amines) is 1. The number of guanidine groups is 1. The van der Waals surface area contributed by atoms with E-state index in [2.05, 4.69) is 22.3 Å². The second-order valence-electron chi connectivity index (χ2n) is 4.14. The van der Waals surface area contributed by atoms with Crippen molar-refractivity contribution in [3.8, 4) is 0 Å². The van der Waals surface area contributed by atoms with E-state index in [0.717, 1.165) is 13.1 Å². The molecular formula is C9H18N4. The molecule has 1 aliphatic carbocycles. The number of likely N-dealkylation sites (N-methyl/N-ethyl adjacent to an activating group) is 1. The predicted octanol–water partition coefficient (Wildman–Crippen LogP) is -0.243. The number of hydrogen-bond acceptors (Lipinski definition) is 2. The van der Waals surface area contributed by atoms with Crippen LogP contribution >= 0.6 is 0 Å². The van der Waals surface area contributed by atoms with Crippen molar-refractivity contribution >= 4 is 5.96 Å². The minimum atomic E-state index is 0.507. The van der Waals surface area contributed by atoms with E-state index < -0.39 is 0 Å². The Morgan fingerprint density at radius 1 is 1.46 bits per heavy atom. The van der Waals surface area contributed by atoms with Crippen molar-refractivity contribution in [1.82, 2.24) is 10.2 Å². The van der Waals surface area contributed by atoms with E-state index in [1.54, 1.807) is 0 Å². The molecule has 1 saturated heterocycles. The van der Waals surface area contributed by atoms with Crippen molar-refractivity contribution in [2.75, 3.05) is 20.1 Å². The van der Waals surface area contributed by atoms with Gasteiger partial charge in [0.2, 0.25) is 0 Å². The number of nitrogens with zero attached hydrogens (tertiary/aromatic N) is 2. The molecule has 3 N–H and O–H groups in total. The number of hydrogen-bond donors (Lipinski definition) is 2. The molecule has 0 radical (unpaired) electrons. The lowest BCUT2D eigenvalue weighted by atomic mass is 10.3. The molecule has 1 aliphatic heterocycles. The van der Waals surface area contributed by atoms with Crippen LogP contribution in [0.4, 0.5) is 0 Å². The zero-order chi connectivity index (χ0) is 9.26. The maximum Gasteiger partial charge on any atom is 0.189 e. The third-order valence-corrected chi connectivity index (χ3v) is 2.61. The smallest absolute Gasteiger partial charge is 0.189 e. The molecule has 0 amide bonds. The maximum absolute atomic E-state index is 5.76. The van der Waals surface area contributed by atoms with Crippen molar-refractivity contribution in [1.29, 1.82) is 0 Å². The Labute approximate surface area is 79.2 Å². The Morgan fingerprint density at radius 2 is 2.23 bits per heavy atom. The summed E-state index contributed by atoms with van der Waals surface area (Å²) in [6.07, 6.45) is 3.61. The van der Waals surface area contributed by atoms with E-state index in [0.29, 0.717) is 18.0 Å². The minimum absolute atomic E-state index is 0.507. The van der Waals surface area contributed by atoms with Gasteiger partial charge >= 0.3 is 0 Å². The van der Waals surface area contributed by atoms with Gasteiger partial charge in [0.05, 0.1) is 6.04 Å². The SMILES string of the molecule is CN1CCC(NC(N)=NC2CC2)C1. The molecule has 1 unspecified atom stereocenters. The summed E-state index contributed by atoms with van der Waals surface area (Å²) in [5.41, 5.74) is 5.76. The lowest BCUT2D eigenvalue weighted by Crippen LogP contribution is -2.41. The average molecular weight is 182 g/mol. The molecule has 0 aromatic carbocycles. The Morgan fingerprint density at radius 3 is 2.77 bits per heavy atom. The summed E-state index contributed by atoms with van der Waals surface area (Å²) < 4.78 is 0. The molecule has 1 atom stereocenters. The van der Waals surface area contributed by atoms with Gasteiger partial charge in [-0.1, -0.05) is 0 Å². The van der Waals surface area contributed by atoms with E-state index in [1.807, 2.05) is 0 Å². The van der Waals surface area contributed by atoms with Gasteiger partial charge in [-0.25, -0.2) is 0 Å². The fraction of sp³-hybridized carbons (Fsp3) is 0.889. The second-order valence-corrected chi connectivity index (χ2v) is 4.14. The van der Waals surface area contributed by atoms with Crippen molar-refractivity contribution in [2.45, 2.75) is 31.3 Å². The summed E-state index contributed by atoms with van der Waals surface area (Å²) in [4.78, 5) is 6.65. The van der Waals surface area contributed by atoms with E-state index in [9.17, 15) is 0 Å². The van der Waals surface area contributed by atoms with Gasteiger partial charge in [0.1, 0.15) is 0 Å². The van der Waals surface area contributed by atoms with Crippen molar-refractivity contribution in [3.63, 3.8) is 0 Å². The number of nitrogens with one attached hydrogen (secondary N) is 1. The van der Waals surface area contributed by atoms with Crippen molar-refractivity contribution < 1.29 is 0 Å². The fourth-order valence-electron chi connectivity index (χ4n) is 1.70. The fourth-order valence-corrected chi connectivity index (χ4v) is 1.70. The quantitative estimate of drug-likeness (QED) is 0.457. The molecule has 74 valence electrons. The normalized spacial score (nSPS) is 30.8. The molecule has 4 heteroatoms. The molecule has 2 rings (SSSR count). The van der Waals surface area contributed by atoms with Gasteiger partial charge in [-0.05, 0) is 32.9 Å². The van der Waals surface area contributed by atoms with E-state index >= 15 is 0 Å². The molecular weight excluding hydrogens is 164 g/mol. The summed E-state index contributed by atoms with van der Waals surface area (Å²) >= 11 is 0. The van der Waals surface area contributed by atoms with Crippen LogP contribution in [0.25, 0.3) is 0 Å². The highest BCUT2D eigenvalue weighted by Gasteiger charge is 2.23. The van der Waals surface area contributed by atoms with Crippen molar-refractivity contribution in [3.05, 3.63) is 0 Å². The topological polar surface area (TPSA) is 53.6 Å². The Bertz CT molecular complexity index is 210. The summed E-state index contributed by atoms with van der Waals surface area (Å²) in [7, 11) is 2.13. The van der Waals surface area contributed by atoms with Gasteiger partial charge in [-0.3, -0.25) is 4.99 Å². The van der Waals surface area contributed by atoms with Gasteiger partial charge < -0.3 is 16.0 Å². The molecule has 0 aromatic rings. The van der Waals surface area contributed by atoms with Crippen LogP contribution in [0.15, 0.2) is 4.99 Å². The first-order valence-electron chi connectivity index (χ1n) is 5.02. The maximum atomic E-state index is 5.76. The van der Waals surface area contributed by atoms with Crippen molar-refractivity contribution in [2.24, 2.45) is 10.7 Å². The minimum Gasteiger partial charge on any atom is -0.370 e. The molecule has 1 heterocycles. The largest absolute Gasteiger partial charge is 0.370 e. The highest BCUT2D eigenvalue weighted by Crippen LogP contribution is 2.23. The lowest BCUT2D eigenvalue weighted by molar-refractivity contribution is 0.407. The zero-order valence-corrected chi connectivity index (χ0v) is 8.16. The second kappa shape index (κ2) is 3.54. The number of aliphatic imine (C=N–C) groups is 1. The lowest BCUT2D eigenvalue weighted by Gasteiger charge is -2.12. The molecule has 0 spiro atoms. The van der Waals surface area contributed by atoms with Crippen LogP contribution in [0.1, 0.15) is 19.3 Å². The molecule has 2 fully saturated rings. The molecule has 4 nitrogen and oxygen atoms in total. The number of rotatable bonds is 2. The highest BCUT2D eigenvalue weighted by atomic mass is 15.2. The van der Waals surface area contributed by atoms with E-state index in [-0.39, 0.29) is 0 Å². The molecule has 0 aromatic heterocycles. The summed E-state index contributed by atoms with van der Waals surface area (Å²) in [6.45, 7) is 2.25. The summed E-state index contributed by atoms with van der Waals surface area (Å²) in [5, 5.41) is 3.27. The van der Waals surface area contributed by atoms with E-state index in [1.165, 1.54) is 19.3 Å². The zero-order valence-electron chi connectivity index (χ0n) is 8.16. The first-order chi connectivity index (χ1) is 6.24. The van der Waals surface area contributed by atoms with Gasteiger partial charge in [0.15, 0.2) is 5.96 Å². The third-order valence-electron chi connectivity index (χ3n) is 2.61. The van der Waals surface area contributed by atoms with Crippen LogP contribution in [0, 0.1) is 0 Å². The van der Waals surface area contributed by atoms with Gasteiger partial charge in [0, 0.05) is 12.6 Å². The Kier molecular flexibility index (Phi) is 2.40. The summed E-state index contributed by atoms with van der Waals surface area (Å²) in [6, 6.07) is 1.03. The highest BCUT2D eigenvalue weighted by molar-refractivity contribution is 5.78. The van der Waals surface area contributed by atoms with Crippen LogP contribution in [0.5, 0.6) is 0 Å². The first-order valence-corrected chi connectivity index (χ1v) is 5.02. The van der Waals surface area contributed by atoms with Crippen LogP contribution in [0.2, 0.25) is 0 Å². The van der Waals surface area contributed by atoms with Crippen LogP contribution in [0.3, 0.4) is 0 Å². The monoisotopic (exact) mass is 182 g/mol. The molecule has 1 saturated carbocycles.